The summed E-state index contributed by atoms with van der Waals surface area (Å²) in [5, 5.41) is 11.2. The molecule has 110 valence electrons. The molecule has 0 spiro atoms. The minimum Gasteiger partial charge on any atom is -0.481 e. The number of halogens is 2. The summed E-state index contributed by atoms with van der Waals surface area (Å²) in [7, 11) is 0. The first-order valence-electron chi connectivity index (χ1n) is 6.33. The normalized spacial score (nSPS) is 12.0. The molecule has 1 aromatic rings. The molecule has 4 nitrogen and oxygen atoms in total. The SMILES string of the molecule is CCCC(CC(=O)O)NC(=O)c1cc(C)c(F)cc1F. The summed E-state index contributed by atoms with van der Waals surface area (Å²) in [4.78, 5) is 22.6. The van der Waals surface area contributed by atoms with E-state index in [2.05, 4.69) is 5.32 Å². The lowest BCUT2D eigenvalue weighted by Gasteiger charge is -2.16. The van der Waals surface area contributed by atoms with Crippen molar-refractivity contribution >= 4 is 11.9 Å². The number of benzene rings is 1. The molecule has 0 aromatic heterocycles. The highest BCUT2D eigenvalue weighted by Crippen LogP contribution is 2.15. The van der Waals surface area contributed by atoms with Crippen LogP contribution in [-0.4, -0.2) is 23.0 Å². The Balaban J connectivity index is 2.88. The first-order chi connectivity index (χ1) is 9.35. The second-order valence-electron chi connectivity index (χ2n) is 4.64. The van der Waals surface area contributed by atoms with Crippen LogP contribution in [0.4, 0.5) is 8.78 Å². The number of amides is 1. The first kappa shape index (κ1) is 16.1. The molecule has 0 fully saturated rings. The Kier molecular flexibility index (Phi) is 5.61. The van der Waals surface area contributed by atoms with Gasteiger partial charge in [-0.15, -0.1) is 0 Å². The van der Waals surface area contributed by atoms with Gasteiger partial charge in [0.1, 0.15) is 11.6 Å². The van der Waals surface area contributed by atoms with Crippen LogP contribution in [0.25, 0.3) is 0 Å². The number of hydrogen-bond acceptors (Lipinski definition) is 2. The zero-order valence-corrected chi connectivity index (χ0v) is 11.4. The van der Waals surface area contributed by atoms with Gasteiger partial charge >= 0.3 is 5.97 Å². The van der Waals surface area contributed by atoms with Crippen molar-refractivity contribution in [1.29, 1.82) is 0 Å². The molecule has 2 N–H and O–H groups in total. The Morgan fingerprint density at radius 2 is 1.95 bits per heavy atom. The molecule has 1 unspecified atom stereocenters. The van der Waals surface area contributed by atoms with Gasteiger partial charge in [0.25, 0.3) is 5.91 Å². The Morgan fingerprint density at radius 1 is 1.30 bits per heavy atom. The second-order valence-corrected chi connectivity index (χ2v) is 4.64. The fraction of sp³-hybridized carbons (Fsp3) is 0.429. The smallest absolute Gasteiger partial charge is 0.305 e. The quantitative estimate of drug-likeness (QED) is 0.844. The minimum atomic E-state index is -1.04. The summed E-state index contributed by atoms with van der Waals surface area (Å²) in [5.41, 5.74) is -0.128. The Labute approximate surface area is 115 Å². The van der Waals surface area contributed by atoms with Crippen LogP contribution in [-0.2, 0) is 4.79 Å². The summed E-state index contributed by atoms with van der Waals surface area (Å²) in [6.07, 6.45) is 0.921. The number of rotatable bonds is 6. The van der Waals surface area contributed by atoms with Crippen LogP contribution >= 0.6 is 0 Å². The maximum atomic E-state index is 13.6. The van der Waals surface area contributed by atoms with Gasteiger partial charge in [-0.25, -0.2) is 8.78 Å². The van der Waals surface area contributed by atoms with Gasteiger partial charge in [0.2, 0.25) is 0 Å². The highest BCUT2D eigenvalue weighted by molar-refractivity contribution is 5.95. The van der Waals surface area contributed by atoms with Crippen LogP contribution in [0.15, 0.2) is 12.1 Å². The van der Waals surface area contributed by atoms with Gasteiger partial charge in [-0.05, 0) is 25.0 Å². The van der Waals surface area contributed by atoms with E-state index in [1.807, 2.05) is 6.92 Å². The third-order valence-electron chi connectivity index (χ3n) is 2.89. The van der Waals surface area contributed by atoms with Crippen molar-refractivity contribution < 1.29 is 23.5 Å². The third-order valence-corrected chi connectivity index (χ3v) is 2.89. The Hall–Kier alpha value is -1.98. The molecule has 0 heterocycles. The largest absolute Gasteiger partial charge is 0.481 e. The second kappa shape index (κ2) is 6.98. The maximum Gasteiger partial charge on any atom is 0.305 e. The zero-order chi connectivity index (χ0) is 15.3. The van der Waals surface area contributed by atoms with E-state index in [9.17, 15) is 18.4 Å². The average molecular weight is 285 g/mol. The maximum absolute atomic E-state index is 13.6. The summed E-state index contributed by atoms with van der Waals surface area (Å²) >= 11 is 0. The number of carboxylic acids is 1. The summed E-state index contributed by atoms with van der Waals surface area (Å²) in [6.45, 7) is 3.27. The molecule has 1 amide bonds. The van der Waals surface area contributed by atoms with Crippen molar-refractivity contribution in [2.75, 3.05) is 0 Å². The number of carboxylic acid groups (broad SMARTS) is 1. The molecular weight excluding hydrogens is 268 g/mol. The molecule has 0 saturated carbocycles. The summed E-state index contributed by atoms with van der Waals surface area (Å²) < 4.78 is 26.7. The molecule has 6 heteroatoms. The van der Waals surface area contributed by atoms with Crippen molar-refractivity contribution in [3.8, 4) is 0 Å². The van der Waals surface area contributed by atoms with E-state index in [1.165, 1.54) is 6.92 Å². The van der Waals surface area contributed by atoms with Crippen LogP contribution < -0.4 is 5.32 Å². The van der Waals surface area contributed by atoms with Crippen LogP contribution in [0.3, 0.4) is 0 Å². The molecule has 0 aliphatic heterocycles. The van der Waals surface area contributed by atoms with Gasteiger partial charge in [0.15, 0.2) is 0 Å². The van der Waals surface area contributed by atoms with Gasteiger partial charge < -0.3 is 10.4 Å². The van der Waals surface area contributed by atoms with Gasteiger partial charge in [-0.1, -0.05) is 13.3 Å². The number of nitrogens with one attached hydrogen (secondary N) is 1. The molecule has 0 aliphatic rings. The predicted molar refractivity (Wildman–Crippen MR) is 69.5 cm³/mol. The number of carbonyl (C=O) groups is 2. The molecule has 0 radical (unpaired) electrons. The van der Waals surface area contributed by atoms with Gasteiger partial charge in [0.05, 0.1) is 12.0 Å². The van der Waals surface area contributed by atoms with E-state index in [-0.39, 0.29) is 17.5 Å². The first-order valence-corrected chi connectivity index (χ1v) is 6.33. The Bertz CT molecular complexity index is 517. The highest BCUT2D eigenvalue weighted by Gasteiger charge is 2.19. The molecule has 1 atom stereocenters. The van der Waals surface area contributed by atoms with Crippen LogP contribution in [0.2, 0.25) is 0 Å². The van der Waals surface area contributed by atoms with E-state index in [1.54, 1.807) is 0 Å². The summed E-state index contributed by atoms with van der Waals surface area (Å²) in [5.74, 6) is -3.46. The minimum absolute atomic E-state index is 0.154. The van der Waals surface area contributed by atoms with E-state index in [0.29, 0.717) is 18.9 Å². The van der Waals surface area contributed by atoms with Crippen molar-refractivity contribution in [3.05, 3.63) is 34.9 Å². The van der Waals surface area contributed by atoms with E-state index >= 15 is 0 Å². The number of hydrogen-bond donors (Lipinski definition) is 2. The van der Waals surface area contributed by atoms with Gasteiger partial charge in [0, 0.05) is 12.1 Å². The molecule has 1 aromatic carbocycles. The predicted octanol–water partition coefficient (Wildman–Crippen LogP) is 2.65. The summed E-state index contributed by atoms with van der Waals surface area (Å²) in [6, 6.07) is 1.19. The van der Waals surface area contributed by atoms with Gasteiger partial charge in [-0.3, -0.25) is 9.59 Å². The average Bonchev–Trinajstić information content (AvgIpc) is 2.33. The third kappa shape index (κ3) is 4.29. The monoisotopic (exact) mass is 285 g/mol. The molecular formula is C14H17F2NO3. The standard InChI is InChI=1S/C14H17F2NO3/c1-3-4-9(6-13(18)19)17-14(20)10-5-8(2)11(15)7-12(10)16/h5,7,9H,3-4,6H2,1-2H3,(H,17,20)(H,18,19). The lowest BCUT2D eigenvalue weighted by Crippen LogP contribution is -2.37. The molecule has 20 heavy (non-hydrogen) atoms. The van der Waals surface area contributed by atoms with E-state index in [4.69, 9.17) is 5.11 Å². The molecule has 0 bridgehead atoms. The van der Waals surface area contributed by atoms with Crippen LogP contribution in [0.5, 0.6) is 0 Å². The fourth-order valence-electron chi connectivity index (χ4n) is 1.88. The van der Waals surface area contributed by atoms with E-state index < -0.39 is 29.6 Å². The number of carbonyl (C=O) groups excluding carboxylic acids is 1. The van der Waals surface area contributed by atoms with Crippen molar-refractivity contribution in [2.45, 2.75) is 39.2 Å². The van der Waals surface area contributed by atoms with Crippen LogP contribution in [0, 0.1) is 18.6 Å². The fourth-order valence-corrected chi connectivity index (χ4v) is 1.88. The molecule has 0 aliphatic carbocycles. The van der Waals surface area contributed by atoms with Crippen molar-refractivity contribution in [1.82, 2.24) is 5.32 Å². The zero-order valence-electron chi connectivity index (χ0n) is 11.4. The highest BCUT2D eigenvalue weighted by atomic mass is 19.1. The molecule has 1 rings (SSSR count). The lowest BCUT2D eigenvalue weighted by molar-refractivity contribution is -0.137. The Morgan fingerprint density at radius 3 is 2.50 bits per heavy atom. The topological polar surface area (TPSA) is 66.4 Å². The number of aryl methyl sites for hydroxylation is 1. The molecule has 0 saturated heterocycles. The lowest BCUT2D eigenvalue weighted by atomic mass is 10.1. The van der Waals surface area contributed by atoms with Gasteiger partial charge in [-0.2, -0.15) is 0 Å². The number of aliphatic carboxylic acids is 1. The van der Waals surface area contributed by atoms with E-state index in [0.717, 1.165) is 6.07 Å². The van der Waals surface area contributed by atoms with Crippen LogP contribution in [0.1, 0.15) is 42.1 Å². The van der Waals surface area contributed by atoms with Crippen molar-refractivity contribution in [2.24, 2.45) is 0 Å². The van der Waals surface area contributed by atoms with Crippen molar-refractivity contribution in [3.63, 3.8) is 0 Å².